The van der Waals surface area contributed by atoms with E-state index in [1.54, 1.807) is 36.4 Å². The van der Waals surface area contributed by atoms with E-state index >= 15 is 0 Å². The molecule has 2 atom stereocenters. The maximum Gasteiger partial charge on any atom is 0.426 e. The number of fused-ring (bicyclic) bond motifs is 7. The highest BCUT2D eigenvalue weighted by molar-refractivity contribution is 5.81. The quantitative estimate of drug-likeness (QED) is 0.184. The molecule has 0 aliphatic carbocycles. The second-order valence-corrected chi connectivity index (χ2v) is 10.8. The highest BCUT2D eigenvalue weighted by Crippen LogP contribution is 2.47. The molecular weight excluding hydrogens is 567 g/mol. The van der Waals surface area contributed by atoms with E-state index < -0.39 is 40.6 Å². The molecule has 1 unspecified atom stereocenters. The number of ether oxygens (including phenoxy) is 2. The van der Waals surface area contributed by atoms with Gasteiger partial charge in [-0.3, -0.25) is 10.1 Å². The van der Waals surface area contributed by atoms with Gasteiger partial charge in [0.05, 0.1) is 24.7 Å². The Bertz CT molecular complexity index is 1540. The van der Waals surface area contributed by atoms with Crippen LogP contribution < -0.4 is 4.90 Å². The van der Waals surface area contributed by atoms with Gasteiger partial charge in [0, 0.05) is 24.2 Å². The van der Waals surface area contributed by atoms with Gasteiger partial charge in [-0.15, -0.1) is 10.2 Å². The number of pyridine rings is 1. The zero-order valence-electron chi connectivity index (χ0n) is 23.3. The molecule has 4 bridgehead atoms. The summed E-state index contributed by atoms with van der Waals surface area (Å²) in [5.74, 6) is -0.802. The Balaban J connectivity index is 1.52. The Morgan fingerprint density at radius 1 is 1.19 bits per heavy atom. The first-order valence-electron chi connectivity index (χ1n) is 14.2. The predicted molar refractivity (Wildman–Crippen MR) is 150 cm³/mol. The molecule has 13 heteroatoms. The van der Waals surface area contributed by atoms with E-state index in [0.29, 0.717) is 49.5 Å². The van der Waals surface area contributed by atoms with Crippen molar-refractivity contribution in [1.29, 1.82) is 0 Å². The molecule has 1 fully saturated rings. The number of nitrogens with zero attached hydrogens (tertiary/aromatic N) is 5. The van der Waals surface area contributed by atoms with Crippen LogP contribution in [0.3, 0.4) is 0 Å². The topological polar surface area (TPSA) is 117 Å². The number of nitro groups is 1. The summed E-state index contributed by atoms with van der Waals surface area (Å²) in [6.45, 7) is 1.14. The van der Waals surface area contributed by atoms with Gasteiger partial charge in [0.2, 0.25) is 11.3 Å². The second kappa shape index (κ2) is 11.9. The number of halogens is 3. The molecule has 6 rings (SSSR count). The maximum atomic E-state index is 15.0. The van der Waals surface area contributed by atoms with Gasteiger partial charge in [-0.05, 0) is 49.7 Å². The van der Waals surface area contributed by atoms with Crippen LogP contribution in [-0.4, -0.2) is 52.1 Å². The Labute approximate surface area is 245 Å². The van der Waals surface area contributed by atoms with E-state index in [4.69, 9.17) is 18.9 Å². The summed E-state index contributed by atoms with van der Waals surface area (Å²) in [5.41, 5.74) is -1.69. The fourth-order valence-electron chi connectivity index (χ4n) is 5.88. The molecule has 2 aromatic heterocycles. The molecule has 0 N–H and O–H groups in total. The molecule has 3 aliphatic rings. The lowest BCUT2D eigenvalue weighted by atomic mass is 9.95. The zero-order chi connectivity index (χ0) is 30.0. The average Bonchev–Trinajstić information content (AvgIpc) is 3.68. The highest BCUT2D eigenvalue weighted by Gasteiger charge is 2.61. The Morgan fingerprint density at radius 3 is 2.77 bits per heavy atom. The Morgan fingerprint density at radius 2 is 2.02 bits per heavy atom. The average molecular weight is 598 g/mol. The molecule has 10 nitrogen and oxygen atoms in total. The third-order valence-corrected chi connectivity index (χ3v) is 8.13. The van der Waals surface area contributed by atoms with Crippen LogP contribution in [0, 0.1) is 10.1 Å². The van der Waals surface area contributed by atoms with Gasteiger partial charge in [-0.2, -0.15) is 13.2 Å². The summed E-state index contributed by atoms with van der Waals surface area (Å²) in [6, 6.07) is 9.90. The molecule has 0 amide bonds. The van der Waals surface area contributed by atoms with E-state index in [1.165, 1.54) is 6.07 Å². The first-order chi connectivity index (χ1) is 20.8. The molecule has 0 saturated carbocycles. The highest BCUT2D eigenvalue weighted by atomic mass is 19.4. The predicted octanol–water partition coefficient (Wildman–Crippen LogP) is 6.53. The lowest BCUT2D eigenvalue weighted by molar-refractivity contribution is -0.384. The van der Waals surface area contributed by atoms with Crippen LogP contribution >= 0.6 is 0 Å². The smallest absolute Gasteiger partial charge is 0.415 e. The van der Waals surface area contributed by atoms with Crippen LogP contribution in [0.1, 0.15) is 55.5 Å². The molecule has 0 spiro atoms. The SMILES string of the molecule is O=[N+]([O-])c1cc(C2=CCOCC2)c2nc1-c1nnc(o1)C(OCc1ccccc1)(C(F)(F)F)CCC=CC[C@@H]1CCCN21. The molecule has 1 saturated heterocycles. The van der Waals surface area contributed by atoms with Crippen molar-refractivity contribution in [2.45, 2.75) is 63.0 Å². The van der Waals surface area contributed by atoms with Gasteiger partial charge in [0.1, 0.15) is 5.82 Å². The number of aromatic nitrogens is 3. The summed E-state index contributed by atoms with van der Waals surface area (Å²) in [5, 5.41) is 20.0. The lowest BCUT2D eigenvalue weighted by Crippen LogP contribution is -2.45. The summed E-state index contributed by atoms with van der Waals surface area (Å²) in [6.07, 6.45) is 2.90. The van der Waals surface area contributed by atoms with Crippen LogP contribution in [0.2, 0.25) is 0 Å². The third-order valence-electron chi connectivity index (χ3n) is 8.13. The normalized spacial score (nSPS) is 22.5. The number of hydrogen-bond donors (Lipinski definition) is 0. The van der Waals surface area contributed by atoms with Crippen LogP contribution in [0.15, 0.2) is 59.0 Å². The monoisotopic (exact) mass is 597 g/mol. The standard InChI is InChI=1S/C30H30F3N5O5/c31-30(32,33)29(42-19-20-8-3-1-4-9-20)14-6-2-5-10-22-11-7-15-37(22)26-23(21-12-16-41-17-13-21)18-24(38(39)40)25(34-26)27-35-36-28(29)43-27/h1-5,8-9,12,18,22H,6-7,10-11,13-17,19H2/t22-,29?/m1/s1. The van der Waals surface area contributed by atoms with E-state index in [-0.39, 0.29) is 24.8 Å². The summed E-state index contributed by atoms with van der Waals surface area (Å²) in [7, 11) is 0. The van der Waals surface area contributed by atoms with Gasteiger partial charge in [0.25, 0.3) is 11.8 Å². The van der Waals surface area contributed by atoms with Crippen molar-refractivity contribution >= 4 is 17.1 Å². The molecule has 3 aliphatic heterocycles. The molecular formula is C30H30F3N5O5. The van der Waals surface area contributed by atoms with Crippen LogP contribution in [0.25, 0.3) is 17.2 Å². The van der Waals surface area contributed by atoms with Crippen molar-refractivity contribution in [2.75, 3.05) is 24.7 Å². The maximum absolute atomic E-state index is 15.0. The van der Waals surface area contributed by atoms with Crippen molar-refractivity contribution in [1.82, 2.24) is 15.2 Å². The van der Waals surface area contributed by atoms with Crippen molar-refractivity contribution in [3.05, 3.63) is 81.8 Å². The number of allylic oxidation sites excluding steroid dienone is 1. The van der Waals surface area contributed by atoms with E-state index in [9.17, 15) is 23.3 Å². The first kappa shape index (κ1) is 29.0. The second-order valence-electron chi connectivity index (χ2n) is 10.8. The molecule has 3 aromatic rings. The Hall–Kier alpha value is -4.10. The largest absolute Gasteiger partial charge is 0.426 e. The minimum Gasteiger partial charge on any atom is -0.415 e. The molecule has 226 valence electrons. The summed E-state index contributed by atoms with van der Waals surface area (Å²) < 4.78 is 61.7. The van der Waals surface area contributed by atoms with Gasteiger partial charge in [-0.25, -0.2) is 4.98 Å². The molecule has 0 radical (unpaired) electrons. The molecule has 43 heavy (non-hydrogen) atoms. The number of rotatable bonds is 5. The molecule has 1 aromatic carbocycles. The van der Waals surface area contributed by atoms with E-state index in [0.717, 1.165) is 18.4 Å². The van der Waals surface area contributed by atoms with Crippen LogP contribution in [-0.2, 0) is 21.7 Å². The summed E-state index contributed by atoms with van der Waals surface area (Å²) in [4.78, 5) is 18.5. The van der Waals surface area contributed by atoms with Gasteiger partial charge in [0.15, 0.2) is 0 Å². The van der Waals surface area contributed by atoms with Crippen molar-refractivity contribution in [2.24, 2.45) is 0 Å². The van der Waals surface area contributed by atoms with Gasteiger partial charge in [-0.1, -0.05) is 48.6 Å². The fraction of sp³-hybridized carbons (Fsp3) is 0.433. The summed E-state index contributed by atoms with van der Waals surface area (Å²) >= 11 is 0. The molecule has 5 heterocycles. The number of hydrogen-bond acceptors (Lipinski definition) is 9. The Kier molecular flexibility index (Phi) is 8.01. The lowest BCUT2D eigenvalue weighted by Gasteiger charge is -2.32. The van der Waals surface area contributed by atoms with Crippen LogP contribution in [0.5, 0.6) is 0 Å². The number of anilines is 1. The minimum absolute atomic E-state index is 0.0140. The van der Waals surface area contributed by atoms with Gasteiger partial charge < -0.3 is 18.8 Å². The van der Waals surface area contributed by atoms with E-state index in [1.807, 2.05) is 12.2 Å². The minimum atomic E-state index is -4.94. The van der Waals surface area contributed by atoms with Crippen molar-refractivity contribution in [3.8, 4) is 11.6 Å². The van der Waals surface area contributed by atoms with E-state index in [2.05, 4.69) is 15.1 Å². The number of alkyl halides is 3. The number of benzene rings is 1. The van der Waals surface area contributed by atoms with Crippen molar-refractivity contribution < 1.29 is 32.0 Å². The first-order valence-corrected chi connectivity index (χ1v) is 14.2. The van der Waals surface area contributed by atoms with Crippen molar-refractivity contribution in [3.63, 3.8) is 0 Å². The zero-order valence-corrected chi connectivity index (χ0v) is 23.3. The van der Waals surface area contributed by atoms with Crippen LogP contribution in [0.4, 0.5) is 24.7 Å². The van der Waals surface area contributed by atoms with Gasteiger partial charge >= 0.3 is 11.9 Å². The fourth-order valence-corrected chi connectivity index (χ4v) is 5.88. The third kappa shape index (κ3) is 5.66.